The van der Waals surface area contributed by atoms with E-state index in [9.17, 15) is 27.2 Å². The highest BCUT2D eigenvalue weighted by atomic mass is 19.2. The van der Waals surface area contributed by atoms with Crippen molar-refractivity contribution in [3.63, 3.8) is 0 Å². The van der Waals surface area contributed by atoms with Gasteiger partial charge in [-0.2, -0.15) is 17.6 Å². The third-order valence-corrected chi connectivity index (χ3v) is 5.83. The number of amides is 4. The summed E-state index contributed by atoms with van der Waals surface area (Å²) >= 11 is 0. The second-order valence-electron chi connectivity index (χ2n) is 8.98. The largest absolute Gasteiger partial charge is 0.451 e. The van der Waals surface area contributed by atoms with Crippen molar-refractivity contribution in [1.82, 2.24) is 10.6 Å². The number of benzene rings is 3. The molecule has 0 spiro atoms. The Morgan fingerprint density at radius 1 is 0.625 bits per heavy atom. The average molecular weight is 563 g/mol. The van der Waals surface area contributed by atoms with Crippen LogP contribution in [0, 0.1) is 23.3 Å². The summed E-state index contributed by atoms with van der Waals surface area (Å²) in [7, 11) is 0. The first kappa shape index (κ1) is 30.1. The summed E-state index contributed by atoms with van der Waals surface area (Å²) in [6.45, 7) is 7.48. The lowest BCUT2D eigenvalue weighted by Crippen LogP contribution is -2.35. The van der Waals surface area contributed by atoms with Gasteiger partial charge in [0.15, 0.2) is 0 Å². The second-order valence-corrected chi connectivity index (χ2v) is 8.98. The van der Waals surface area contributed by atoms with Crippen molar-refractivity contribution in [3.8, 4) is 23.0 Å². The van der Waals surface area contributed by atoms with Gasteiger partial charge < -0.3 is 30.7 Å². The fourth-order valence-electron chi connectivity index (χ4n) is 3.21. The summed E-state index contributed by atoms with van der Waals surface area (Å²) < 4.78 is 69.1. The number of anilines is 2. The Bertz CT molecular complexity index is 1210. The summed E-state index contributed by atoms with van der Waals surface area (Å²) in [6, 6.07) is 9.60. The van der Waals surface area contributed by atoms with Crippen LogP contribution in [0.5, 0.6) is 23.0 Å². The normalized spacial score (nSPS) is 12.2. The van der Waals surface area contributed by atoms with Gasteiger partial charge in [0, 0.05) is 23.5 Å². The SMILES string of the molecule is CCC(C)NC(=O)Nc1ccc(Oc2c(F)c(F)c(Oc3ccc(NC(=O)NC(C)CC)cc3)c(F)c2F)cc1. The molecule has 0 aliphatic rings. The van der Waals surface area contributed by atoms with Gasteiger partial charge >= 0.3 is 12.1 Å². The van der Waals surface area contributed by atoms with Gasteiger partial charge in [0.2, 0.25) is 34.8 Å². The number of hydrogen-bond donors (Lipinski definition) is 4. The van der Waals surface area contributed by atoms with Gasteiger partial charge in [-0.3, -0.25) is 0 Å². The maximum atomic E-state index is 14.7. The van der Waals surface area contributed by atoms with Crippen LogP contribution in [-0.4, -0.2) is 24.1 Å². The molecular formula is C28H30F4N4O4. The predicted molar refractivity (Wildman–Crippen MR) is 143 cm³/mol. The number of nitrogens with one attached hydrogen (secondary N) is 4. The third kappa shape index (κ3) is 7.78. The highest BCUT2D eigenvalue weighted by Gasteiger charge is 2.29. The topological polar surface area (TPSA) is 101 Å². The summed E-state index contributed by atoms with van der Waals surface area (Å²) in [6.07, 6.45) is 1.47. The van der Waals surface area contributed by atoms with E-state index >= 15 is 0 Å². The summed E-state index contributed by atoms with van der Waals surface area (Å²) in [5, 5.41) is 10.6. The van der Waals surface area contributed by atoms with Gasteiger partial charge in [-0.05, 0) is 75.2 Å². The van der Waals surface area contributed by atoms with Crippen molar-refractivity contribution in [1.29, 1.82) is 0 Å². The zero-order valence-corrected chi connectivity index (χ0v) is 22.3. The molecule has 0 radical (unpaired) electrons. The van der Waals surface area contributed by atoms with E-state index in [0.29, 0.717) is 11.4 Å². The van der Waals surface area contributed by atoms with E-state index in [0.717, 1.165) is 12.8 Å². The van der Waals surface area contributed by atoms with E-state index in [-0.39, 0.29) is 23.6 Å². The molecule has 2 atom stereocenters. The van der Waals surface area contributed by atoms with Crippen molar-refractivity contribution in [2.45, 2.75) is 52.6 Å². The second kappa shape index (κ2) is 13.5. The molecule has 12 heteroatoms. The molecule has 0 saturated heterocycles. The summed E-state index contributed by atoms with van der Waals surface area (Å²) in [5.74, 6) is -10.1. The first-order chi connectivity index (χ1) is 19.0. The van der Waals surface area contributed by atoms with Gasteiger partial charge in [-0.15, -0.1) is 0 Å². The molecule has 0 bridgehead atoms. The van der Waals surface area contributed by atoms with Crippen molar-refractivity contribution in [2.24, 2.45) is 0 Å². The fourth-order valence-corrected chi connectivity index (χ4v) is 3.21. The number of urea groups is 2. The molecule has 0 heterocycles. The summed E-state index contributed by atoms with van der Waals surface area (Å²) in [5.41, 5.74) is 0.708. The minimum Gasteiger partial charge on any atom is -0.451 e. The monoisotopic (exact) mass is 562 g/mol. The van der Waals surface area contributed by atoms with E-state index in [2.05, 4.69) is 21.3 Å². The fraction of sp³-hybridized carbons (Fsp3) is 0.286. The predicted octanol–water partition coefficient (Wildman–Crippen LogP) is 7.67. The van der Waals surface area contributed by atoms with E-state index in [1.54, 1.807) is 0 Å². The molecule has 3 aromatic rings. The third-order valence-electron chi connectivity index (χ3n) is 5.83. The van der Waals surface area contributed by atoms with Crippen LogP contribution in [0.15, 0.2) is 48.5 Å². The van der Waals surface area contributed by atoms with Gasteiger partial charge in [0.05, 0.1) is 0 Å². The molecule has 214 valence electrons. The number of ether oxygens (including phenoxy) is 2. The first-order valence-corrected chi connectivity index (χ1v) is 12.6. The molecule has 0 aromatic heterocycles. The standard InChI is InChI=1S/C28H30F4N4O4/c1-5-15(3)33-27(37)35-17-7-11-19(12-8-17)39-25-21(29)23(31)26(24(32)22(25)30)40-20-13-9-18(10-14-20)36-28(38)34-16(4)6-2/h7-16H,5-6H2,1-4H3,(H2,33,35,37)(H2,34,36,38). The molecule has 40 heavy (non-hydrogen) atoms. The molecule has 3 aromatic carbocycles. The van der Waals surface area contributed by atoms with Gasteiger partial charge in [0.25, 0.3) is 0 Å². The molecule has 4 amide bonds. The molecule has 0 aliphatic carbocycles. The van der Waals surface area contributed by atoms with Gasteiger partial charge in [-0.1, -0.05) is 13.8 Å². The number of rotatable bonds is 10. The van der Waals surface area contributed by atoms with E-state index in [1.807, 2.05) is 27.7 Å². The van der Waals surface area contributed by atoms with Crippen LogP contribution < -0.4 is 30.7 Å². The Balaban J connectivity index is 1.71. The Morgan fingerprint density at radius 2 is 0.925 bits per heavy atom. The van der Waals surface area contributed by atoms with Crippen LogP contribution in [0.4, 0.5) is 38.5 Å². The molecule has 8 nitrogen and oxygen atoms in total. The molecule has 0 aliphatic heterocycles. The minimum atomic E-state index is -1.80. The Morgan fingerprint density at radius 3 is 1.20 bits per heavy atom. The average Bonchev–Trinajstić information content (AvgIpc) is 2.93. The number of carbonyl (C=O) groups is 2. The molecule has 2 unspecified atom stereocenters. The van der Waals surface area contributed by atoms with Crippen molar-refractivity contribution >= 4 is 23.4 Å². The van der Waals surface area contributed by atoms with Crippen LogP contribution in [0.1, 0.15) is 40.5 Å². The molecule has 0 saturated carbocycles. The number of carbonyl (C=O) groups excluding carboxylic acids is 2. The van der Waals surface area contributed by atoms with E-state index in [4.69, 9.17) is 9.47 Å². The lowest BCUT2D eigenvalue weighted by Gasteiger charge is -2.15. The van der Waals surface area contributed by atoms with Crippen molar-refractivity contribution in [3.05, 3.63) is 71.8 Å². The van der Waals surface area contributed by atoms with Crippen LogP contribution in [0.25, 0.3) is 0 Å². The maximum absolute atomic E-state index is 14.7. The zero-order valence-electron chi connectivity index (χ0n) is 22.3. The van der Waals surface area contributed by atoms with Crippen LogP contribution >= 0.6 is 0 Å². The smallest absolute Gasteiger partial charge is 0.319 e. The van der Waals surface area contributed by atoms with Gasteiger partial charge in [0.1, 0.15) is 11.5 Å². The molecule has 3 rings (SSSR count). The maximum Gasteiger partial charge on any atom is 0.319 e. The Labute approximate surface area is 229 Å². The first-order valence-electron chi connectivity index (χ1n) is 12.6. The highest BCUT2D eigenvalue weighted by Crippen LogP contribution is 2.39. The molecule has 0 fully saturated rings. The van der Waals surface area contributed by atoms with Crippen LogP contribution in [0.3, 0.4) is 0 Å². The van der Waals surface area contributed by atoms with Crippen molar-refractivity contribution in [2.75, 3.05) is 10.6 Å². The Hall–Kier alpha value is -4.48. The van der Waals surface area contributed by atoms with E-state index < -0.39 is 46.8 Å². The molecule has 4 N–H and O–H groups in total. The molecular weight excluding hydrogens is 532 g/mol. The van der Waals surface area contributed by atoms with Crippen LogP contribution in [0.2, 0.25) is 0 Å². The minimum absolute atomic E-state index is 0.0470. The lowest BCUT2D eigenvalue weighted by molar-refractivity contribution is 0.248. The lowest BCUT2D eigenvalue weighted by atomic mass is 10.2. The summed E-state index contributed by atoms with van der Waals surface area (Å²) in [4.78, 5) is 23.8. The number of hydrogen-bond acceptors (Lipinski definition) is 4. The van der Waals surface area contributed by atoms with Crippen molar-refractivity contribution < 1.29 is 36.6 Å². The van der Waals surface area contributed by atoms with Crippen LogP contribution in [-0.2, 0) is 0 Å². The highest BCUT2D eigenvalue weighted by molar-refractivity contribution is 5.90. The quantitative estimate of drug-likeness (QED) is 0.150. The Kier molecular flexibility index (Phi) is 10.2. The van der Waals surface area contributed by atoms with E-state index in [1.165, 1.54) is 48.5 Å². The van der Waals surface area contributed by atoms with Gasteiger partial charge in [-0.25, -0.2) is 9.59 Å². The zero-order chi connectivity index (χ0) is 29.4. The number of halogens is 4.